The van der Waals surface area contributed by atoms with Gasteiger partial charge in [-0.1, -0.05) is 11.6 Å². The van der Waals surface area contributed by atoms with Crippen molar-refractivity contribution in [2.24, 2.45) is 5.92 Å². The van der Waals surface area contributed by atoms with E-state index in [2.05, 4.69) is 13.0 Å². The minimum atomic E-state index is -0.0232. The van der Waals surface area contributed by atoms with E-state index in [9.17, 15) is 4.79 Å². The summed E-state index contributed by atoms with van der Waals surface area (Å²) in [7, 11) is 0. The molecule has 1 unspecified atom stereocenters. The maximum Gasteiger partial charge on any atom is 0.309 e. The van der Waals surface area contributed by atoms with Crippen LogP contribution < -0.4 is 0 Å². The van der Waals surface area contributed by atoms with Crippen molar-refractivity contribution in [3.8, 4) is 0 Å². The average Bonchev–Trinajstić information content (AvgIpc) is 2.05. The van der Waals surface area contributed by atoms with Crippen LogP contribution in [0.3, 0.4) is 0 Å². The first-order valence-corrected chi connectivity index (χ1v) is 4.56. The molecule has 0 aromatic rings. The summed E-state index contributed by atoms with van der Waals surface area (Å²) in [6, 6.07) is 0. The van der Waals surface area contributed by atoms with E-state index in [-0.39, 0.29) is 11.9 Å². The number of ether oxygens (including phenoxy) is 1. The minimum Gasteiger partial charge on any atom is -0.466 e. The Morgan fingerprint density at radius 2 is 2.50 bits per heavy atom. The Bertz CT molecular complexity index is 194. The van der Waals surface area contributed by atoms with Crippen molar-refractivity contribution in [2.75, 3.05) is 6.61 Å². The van der Waals surface area contributed by atoms with Crippen LogP contribution in [0.5, 0.6) is 0 Å². The van der Waals surface area contributed by atoms with Gasteiger partial charge in [-0.05, 0) is 33.1 Å². The lowest BCUT2D eigenvalue weighted by Crippen LogP contribution is -2.19. The van der Waals surface area contributed by atoms with E-state index in [1.54, 1.807) is 0 Å². The fraction of sp³-hybridized carbons (Fsp3) is 0.700. The van der Waals surface area contributed by atoms with E-state index in [0.717, 1.165) is 19.3 Å². The molecule has 0 amide bonds. The number of carbonyl (C=O) groups is 1. The Morgan fingerprint density at radius 3 is 3.08 bits per heavy atom. The molecule has 0 saturated carbocycles. The quantitative estimate of drug-likeness (QED) is 0.467. The highest BCUT2D eigenvalue weighted by Gasteiger charge is 2.21. The van der Waals surface area contributed by atoms with Crippen molar-refractivity contribution in [3.63, 3.8) is 0 Å². The van der Waals surface area contributed by atoms with Gasteiger partial charge < -0.3 is 4.74 Å². The summed E-state index contributed by atoms with van der Waals surface area (Å²) in [5.41, 5.74) is 1.32. The molecule has 1 rings (SSSR count). The molecular formula is C10H16O2. The van der Waals surface area contributed by atoms with Crippen LogP contribution in [0.4, 0.5) is 0 Å². The van der Waals surface area contributed by atoms with E-state index < -0.39 is 0 Å². The average molecular weight is 168 g/mol. The SMILES string of the molecule is CCOC(=O)C1CCC=C(C)C1. The van der Waals surface area contributed by atoms with Gasteiger partial charge in [0.15, 0.2) is 0 Å². The van der Waals surface area contributed by atoms with Gasteiger partial charge in [-0.2, -0.15) is 0 Å². The molecule has 12 heavy (non-hydrogen) atoms. The molecule has 0 fully saturated rings. The van der Waals surface area contributed by atoms with Crippen molar-refractivity contribution in [1.29, 1.82) is 0 Å². The number of rotatable bonds is 2. The third-order valence-electron chi connectivity index (χ3n) is 2.20. The molecule has 2 heteroatoms. The first-order valence-electron chi connectivity index (χ1n) is 4.56. The largest absolute Gasteiger partial charge is 0.466 e. The molecule has 0 saturated heterocycles. The summed E-state index contributed by atoms with van der Waals surface area (Å²) in [6.45, 7) is 4.42. The zero-order valence-electron chi connectivity index (χ0n) is 7.80. The Hall–Kier alpha value is -0.790. The van der Waals surface area contributed by atoms with Crippen LogP contribution in [-0.2, 0) is 9.53 Å². The highest BCUT2D eigenvalue weighted by molar-refractivity contribution is 5.73. The van der Waals surface area contributed by atoms with Crippen LogP contribution >= 0.6 is 0 Å². The van der Waals surface area contributed by atoms with Crippen molar-refractivity contribution in [2.45, 2.75) is 33.1 Å². The molecule has 0 radical (unpaired) electrons. The predicted octanol–water partition coefficient (Wildman–Crippen LogP) is 2.30. The number of carbonyl (C=O) groups excluding carboxylic acids is 1. The van der Waals surface area contributed by atoms with Crippen molar-refractivity contribution >= 4 is 5.97 Å². The smallest absolute Gasteiger partial charge is 0.309 e. The standard InChI is InChI=1S/C10H16O2/c1-3-12-10(11)9-6-4-5-8(2)7-9/h5,9H,3-4,6-7H2,1-2H3. The van der Waals surface area contributed by atoms with E-state index in [1.165, 1.54) is 5.57 Å². The fourth-order valence-corrected chi connectivity index (χ4v) is 1.57. The van der Waals surface area contributed by atoms with E-state index >= 15 is 0 Å². The Labute approximate surface area is 73.6 Å². The molecule has 0 aromatic carbocycles. The summed E-state index contributed by atoms with van der Waals surface area (Å²) < 4.78 is 4.96. The van der Waals surface area contributed by atoms with Gasteiger partial charge in [0, 0.05) is 0 Å². The molecule has 1 aliphatic carbocycles. The normalized spacial score (nSPS) is 23.2. The lowest BCUT2D eigenvalue weighted by molar-refractivity contribution is -0.148. The van der Waals surface area contributed by atoms with Gasteiger partial charge in [0.25, 0.3) is 0 Å². The summed E-state index contributed by atoms with van der Waals surface area (Å²) in [5.74, 6) is 0.0971. The van der Waals surface area contributed by atoms with Crippen molar-refractivity contribution < 1.29 is 9.53 Å². The molecule has 0 aromatic heterocycles. The molecule has 2 nitrogen and oxygen atoms in total. The second-order valence-corrected chi connectivity index (χ2v) is 3.28. The second-order valence-electron chi connectivity index (χ2n) is 3.28. The number of hydrogen-bond donors (Lipinski definition) is 0. The van der Waals surface area contributed by atoms with E-state index in [0.29, 0.717) is 6.61 Å². The molecule has 1 atom stereocenters. The number of allylic oxidation sites excluding steroid dienone is 2. The fourth-order valence-electron chi connectivity index (χ4n) is 1.57. The van der Waals surface area contributed by atoms with Gasteiger partial charge in [-0.3, -0.25) is 4.79 Å². The lowest BCUT2D eigenvalue weighted by Gasteiger charge is -2.18. The van der Waals surface area contributed by atoms with Crippen LogP contribution in [0.2, 0.25) is 0 Å². The molecular weight excluding hydrogens is 152 g/mol. The molecule has 0 heterocycles. The van der Waals surface area contributed by atoms with Gasteiger partial charge in [-0.15, -0.1) is 0 Å². The molecule has 1 aliphatic rings. The summed E-state index contributed by atoms with van der Waals surface area (Å²) in [4.78, 5) is 11.3. The topological polar surface area (TPSA) is 26.3 Å². The van der Waals surface area contributed by atoms with Gasteiger partial charge in [0.2, 0.25) is 0 Å². The van der Waals surface area contributed by atoms with Gasteiger partial charge >= 0.3 is 5.97 Å². The van der Waals surface area contributed by atoms with Crippen LogP contribution in [0.1, 0.15) is 33.1 Å². The zero-order chi connectivity index (χ0) is 8.97. The monoisotopic (exact) mass is 168 g/mol. The summed E-state index contributed by atoms with van der Waals surface area (Å²) in [6.07, 6.45) is 5.07. The van der Waals surface area contributed by atoms with Crippen molar-refractivity contribution in [1.82, 2.24) is 0 Å². The van der Waals surface area contributed by atoms with E-state index in [4.69, 9.17) is 4.74 Å². The maximum atomic E-state index is 11.3. The third-order valence-corrected chi connectivity index (χ3v) is 2.20. The van der Waals surface area contributed by atoms with Crippen molar-refractivity contribution in [3.05, 3.63) is 11.6 Å². The summed E-state index contributed by atoms with van der Waals surface area (Å²) in [5, 5.41) is 0. The highest BCUT2D eigenvalue weighted by atomic mass is 16.5. The first kappa shape index (κ1) is 9.30. The Morgan fingerprint density at radius 1 is 1.75 bits per heavy atom. The Balaban J connectivity index is 2.43. The van der Waals surface area contributed by atoms with Crippen LogP contribution in [0.25, 0.3) is 0 Å². The van der Waals surface area contributed by atoms with Gasteiger partial charge in [0.1, 0.15) is 0 Å². The molecule has 68 valence electrons. The van der Waals surface area contributed by atoms with Crippen LogP contribution in [0, 0.1) is 5.92 Å². The molecule has 0 N–H and O–H groups in total. The highest BCUT2D eigenvalue weighted by Crippen LogP contribution is 2.24. The first-order chi connectivity index (χ1) is 5.74. The Kier molecular flexibility index (Phi) is 3.32. The third kappa shape index (κ3) is 2.36. The number of hydrogen-bond acceptors (Lipinski definition) is 2. The van der Waals surface area contributed by atoms with Crippen LogP contribution in [0.15, 0.2) is 11.6 Å². The molecule has 0 bridgehead atoms. The van der Waals surface area contributed by atoms with Crippen LogP contribution in [-0.4, -0.2) is 12.6 Å². The zero-order valence-corrected chi connectivity index (χ0v) is 7.80. The van der Waals surface area contributed by atoms with Gasteiger partial charge in [-0.25, -0.2) is 0 Å². The molecule has 0 spiro atoms. The maximum absolute atomic E-state index is 11.3. The molecule has 0 aliphatic heterocycles. The van der Waals surface area contributed by atoms with Gasteiger partial charge in [0.05, 0.1) is 12.5 Å². The second kappa shape index (κ2) is 4.29. The minimum absolute atomic E-state index is 0.0232. The summed E-state index contributed by atoms with van der Waals surface area (Å²) >= 11 is 0. The number of esters is 1. The predicted molar refractivity (Wildman–Crippen MR) is 47.7 cm³/mol. The van der Waals surface area contributed by atoms with E-state index in [1.807, 2.05) is 6.92 Å². The lowest BCUT2D eigenvalue weighted by atomic mass is 9.90.